The molecule has 0 unspecified atom stereocenters. The molecule has 3 rings (SSSR count). The standard InChI is InChI=1S/C19H22FN3O2/c1-11(2)19(25)23-7-5-12(6-8-23)17-15(18(21)24)10-13-9-14(20)3-4-16(13)22-17/h3-4,9-12H,5-8H2,1-2H3,(H2,21,24). The maximum Gasteiger partial charge on any atom is 0.250 e. The van der Waals surface area contributed by atoms with Gasteiger partial charge in [0.25, 0.3) is 5.91 Å². The van der Waals surface area contributed by atoms with E-state index >= 15 is 0 Å². The van der Waals surface area contributed by atoms with Crippen molar-refractivity contribution in [2.75, 3.05) is 13.1 Å². The van der Waals surface area contributed by atoms with Gasteiger partial charge in [0.1, 0.15) is 5.82 Å². The van der Waals surface area contributed by atoms with E-state index in [9.17, 15) is 14.0 Å². The van der Waals surface area contributed by atoms with Crippen LogP contribution in [0.4, 0.5) is 4.39 Å². The van der Waals surface area contributed by atoms with Gasteiger partial charge in [0, 0.05) is 30.3 Å². The lowest BCUT2D eigenvalue weighted by molar-refractivity contribution is -0.135. The number of halogens is 1. The molecule has 1 aliphatic rings. The van der Waals surface area contributed by atoms with Gasteiger partial charge in [0.05, 0.1) is 16.8 Å². The largest absolute Gasteiger partial charge is 0.366 e. The summed E-state index contributed by atoms with van der Waals surface area (Å²) in [4.78, 5) is 30.5. The monoisotopic (exact) mass is 343 g/mol. The molecule has 0 atom stereocenters. The van der Waals surface area contributed by atoms with E-state index in [0.29, 0.717) is 35.2 Å². The Bertz CT molecular complexity index is 827. The van der Waals surface area contributed by atoms with Crippen LogP contribution in [0.5, 0.6) is 0 Å². The van der Waals surface area contributed by atoms with Crippen LogP contribution in [0, 0.1) is 11.7 Å². The summed E-state index contributed by atoms with van der Waals surface area (Å²) >= 11 is 0. The summed E-state index contributed by atoms with van der Waals surface area (Å²) in [5.74, 6) is -0.748. The molecule has 0 saturated carbocycles. The van der Waals surface area contributed by atoms with Crippen LogP contribution in [0.15, 0.2) is 24.3 Å². The number of primary amides is 1. The van der Waals surface area contributed by atoms with Gasteiger partial charge in [0.15, 0.2) is 0 Å². The maximum atomic E-state index is 13.4. The Labute approximate surface area is 146 Å². The molecule has 0 bridgehead atoms. The van der Waals surface area contributed by atoms with Crippen LogP contribution >= 0.6 is 0 Å². The molecule has 2 N–H and O–H groups in total. The summed E-state index contributed by atoms with van der Waals surface area (Å²) in [6.45, 7) is 5.07. The van der Waals surface area contributed by atoms with Crippen molar-refractivity contribution in [2.24, 2.45) is 11.7 Å². The number of rotatable bonds is 3. The molecule has 1 aromatic heterocycles. The molecule has 0 spiro atoms. The highest BCUT2D eigenvalue weighted by Gasteiger charge is 2.28. The zero-order valence-electron chi connectivity index (χ0n) is 14.5. The van der Waals surface area contributed by atoms with Crippen molar-refractivity contribution in [1.82, 2.24) is 9.88 Å². The second-order valence-electron chi connectivity index (χ2n) is 6.88. The second-order valence-corrected chi connectivity index (χ2v) is 6.88. The lowest BCUT2D eigenvalue weighted by atomic mass is 9.89. The SMILES string of the molecule is CC(C)C(=O)N1CCC(c2nc3ccc(F)cc3cc2C(N)=O)CC1. The highest BCUT2D eigenvalue weighted by Crippen LogP contribution is 2.31. The molecule has 2 amide bonds. The minimum atomic E-state index is -0.561. The minimum Gasteiger partial charge on any atom is -0.366 e. The van der Waals surface area contributed by atoms with Gasteiger partial charge in [0.2, 0.25) is 5.91 Å². The number of amides is 2. The lowest BCUT2D eigenvalue weighted by Gasteiger charge is -2.33. The van der Waals surface area contributed by atoms with E-state index in [-0.39, 0.29) is 23.6 Å². The number of hydrogen-bond acceptors (Lipinski definition) is 3. The van der Waals surface area contributed by atoms with E-state index < -0.39 is 5.91 Å². The van der Waals surface area contributed by atoms with Gasteiger partial charge < -0.3 is 10.6 Å². The van der Waals surface area contributed by atoms with Crippen molar-refractivity contribution in [2.45, 2.75) is 32.6 Å². The number of carbonyl (C=O) groups is 2. The fourth-order valence-electron chi connectivity index (χ4n) is 3.41. The number of piperidine rings is 1. The molecule has 1 aromatic carbocycles. The smallest absolute Gasteiger partial charge is 0.250 e. The first-order valence-electron chi connectivity index (χ1n) is 8.55. The first kappa shape index (κ1) is 17.3. The quantitative estimate of drug-likeness (QED) is 0.931. The van der Waals surface area contributed by atoms with Gasteiger partial charge >= 0.3 is 0 Å². The third kappa shape index (κ3) is 3.48. The summed E-state index contributed by atoms with van der Waals surface area (Å²) in [5, 5.41) is 0.560. The maximum absolute atomic E-state index is 13.4. The number of nitrogens with two attached hydrogens (primary N) is 1. The Morgan fingerprint density at radius 1 is 1.24 bits per heavy atom. The Morgan fingerprint density at radius 3 is 2.52 bits per heavy atom. The van der Waals surface area contributed by atoms with Gasteiger partial charge in [-0.15, -0.1) is 0 Å². The number of likely N-dealkylation sites (tertiary alicyclic amines) is 1. The summed E-state index contributed by atoms with van der Waals surface area (Å²) in [6.07, 6.45) is 1.47. The van der Waals surface area contributed by atoms with Crippen molar-refractivity contribution in [3.05, 3.63) is 41.3 Å². The van der Waals surface area contributed by atoms with Crippen LogP contribution in [0.1, 0.15) is 48.7 Å². The normalized spacial score (nSPS) is 15.8. The van der Waals surface area contributed by atoms with Gasteiger partial charge in [-0.1, -0.05) is 13.8 Å². The number of aromatic nitrogens is 1. The van der Waals surface area contributed by atoms with Gasteiger partial charge in [-0.05, 0) is 37.1 Å². The van der Waals surface area contributed by atoms with E-state index in [0.717, 1.165) is 12.8 Å². The molecule has 2 heterocycles. The Morgan fingerprint density at radius 2 is 1.92 bits per heavy atom. The Balaban J connectivity index is 1.90. The average Bonchev–Trinajstić information content (AvgIpc) is 2.59. The highest BCUT2D eigenvalue weighted by molar-refractivity contribution is 5.97. The van der Waals surface area contributed by atoms with Crippen molar-refractivity contribution in [3.8, 4) is 0 Å². The van der Waals surface area contributed by atoms with Crippen LogP contribution in [0.3, 0.4) is 0 Å². The number of carbonyl (C=O) groups excluding carboxylic acids is 2. The lowest BCUT2D eigenvalue weighted by Crippen LogP contribution is -2.40. The molecule has 6 heteroatoms. The van der Waals surface area contributed by atoms with Gasteiger partial charge in [-0.25, -0.2) is 4.39 Å². The van der Waals surface area contributed by atoms with Crippen molar-refractivity contribution in [1.29, 1.82) is 0 Å². The number of benzene rings is 1. The molecule has 2 aromatic rings. The van der Waals surface area contributed by atoms with E-state index in [4.69, 9.17) is 5.73 Å². The van der Waals surface area contributed by atoms with E-state index in [1.165, 1.54) is 12.1 Å². The topological polar surface area (TPSA) is 76.3 Å². The Kier molecular flexibility index (Phi) is 4.70. The molecule has 0 radical (unpaired) electrons. The molecule has 1 saturated heterocycles. The Hall–Kier alpha value is -2.50. The summed E-state index contributed by atoms with van der Waals surface area (Å²) in [5.41, 5.74) is 7.16. The van der Waals surface area contributed by atoms with E-state index in [1.54, 1.807) is 12.1 Å². The third-order valence-corrected chi connectivity index (χ3v) is 4.76. The summed E-state index contributed by atoms with van der Waals surface area (Å²) in [7, 11) is 0. The first-order chi connectivity index (χ1) is 11.9. The fraction of sp³-hybridized carbons (Fsp3) is 0.421. The zero-order chi connectivity index (χ0) is 18.1. The van der Waals surface area contributed by atoms with Crippen LogP contribution < -0.4 is 5.73 Å². The van der Waals surface area contributed by atoms with Crippen LogP contribution in [-0.4, -0.2) is 34.8 Å². The van der Waals surface area contributed by atoms with Crippen LogP contribution in [0.25, 0.3) is 10.9 Å². The molecule has 25 heavy (non-hydrogen) atoms. The predicted molar refractivity (Wildman–Crippen MR) is 93.6 cm³/mol. The molecule has 132 valence electrons. The number of fused-ring (bicyclic) bond motifs is 1. The van der Waals surface area contributed by atoms with Crippen molar-refractivity contribution in [3.63, 3.8) is 0 Å². The molecular formula is C19H22FN3O2. The number of pyridine rings is 1. The molecular weight excluding hydrogens is 321 g/mol. The van der Waals surface area contributed by atoms with Crippen molar-refractivity contribution >= 4 is 22.7 Å². The van der Waals surface area contributed by atoms with Gasteiger partial charge in [-0.3, -0.25) is 14.6 Å². The first-order valence-corrected chi connectivity index (χ1v) is 8.55. The number of hydrogen-bond donors (Lipinski definition) is 1. The predicted octanol–water partition coefficient (Wildman–Crippen LogP) is 2.83. The summed E-state index contributed by atoms with van der Waals surface area (Å²) < 4.78 is 13.4. The van der Waals surface area contributed by atoms with Crippen LogP contribution in [0.2, 0.25) is 0 Å². The van der Waals surface area contributed by atoms with E-state index in [1.807, 2.05) is 18.7 Å². The van der Waals surface area contributed by atoms with Crippen molar-refractivity contribution < 1.29 is 14.0 Å². The highest BCUT2D eigenvalue weighted by atomic mass is 19.1. The minimum absolute atomic E-state index is 0.0218. The molecule has 5 nitrogen and oxygen atoms in total. The fourth-order valence-corrected chi connectivity index (χ4v) is 3.41. The average molecular weight is 343 g/mol. The molecule has 1 aliphatic heterocycles. The van der Waals surface area contributed by atoms with Crippen LogP contribution in [-0.2, 0) is 4.79 Å². The molecule has 1 fully saturated rings. The third-order valence-electron chi connectivity index (χ3n) is 4.76. The van der Waals surface area contributed by atoms with E-state index in [2.05, 4.69) is 4.98 Å². The molecule has 0 aliphatic carbocycles. The number of nitrogens with zero attached hydrogens (tertiary/aromatic N) is 2. The van der Waals surface area contributed by atoms with Gasteiger partial charge in [-0.2, -0.15) is 0 Å². The zero-order valence-corrected chi connectivity index (χ0v) is 14.5. The summed E-state index contributed by atoms with van der Waals surface area (Å²) in [6, 6.07) is 5.93. The second kappa shape index (κ2) is 6.78.